The monoisotopic (exact) mass is 318 g/mol. The van der Waals surface area contributed by atoms with Gasteiger partial charge >= 0.3 is 0 Å². The van der Waals surface area contributed by atoms with Gasteiger partial charge in [0.2, 0.25) is 0 Å². The van der Waals surface area contributed by atoms with Crippen LogP contribution in [0.3, 0.4) is 0 Å². The van der Waals surface area contributed by atoms with E-state index in [1.54, 1.807) is 0 Å². The van der Waals surface area contributed by atoms with Gasteiger partial charge in [-0.15, -0.1) is 0 Å². The van der Waals surface area contributed by atoms with E-state index in [-0.39, 0.29) is 6.10 Å². The summed E-state index contributed by atoms with van der Waals surface area (Å²) in [5.41, 5.74) is 2.65. The summed E-state index contributed by atoms with van der Waals surface area (Å²) >= 11 is 0. The largest absolute Gasteiger partial charge is 0.374 e. The predicted molar refractivity (Wildman–Crippen MR) is 92.0 cm³/mol. The Kier molecular flexibility index (Phi) is 3.89. The van der Waals surface area contributed by atoms with Crippen LogP contribution in [-0.2, 0) is 11.2 Å². The molecule has 0 aliphatic carbocycles. The number of aromatic nitrogens is 2. The molecule has 2 aromatic heterocycles. The minimum absolute atomic E-state index is 0.109. The molecule has 0 saturated carbocycles. The molecule has 0 bridgehead atoms. The third-order valence-corrected chi connectivity index (χ3v) is 4.36. The summed E-state index contributed by atoms with van der Waals surface area (Å²) in [4.78, 5) is 6.83. The van der Waals surface area contributed by atoms with Gasteiger partial charge in [-0.1, -0.05) is 36.4 Å². The standard InChI is InChI=1S/C19H18N4O/c20-13-17-19(21-18-8-4-5-9-23(17)18)22-10-11-24-16(14-22)12-15-6-2-1-3-7-15/h1-9,16H,10-12,14H2. The Bertz CT molecular complexity index is 881. The lowest BCUT2D eigenvalue weighted by Crippen LogP contribution is -2.44. The highest BCUT2D eigenvalue weighted by molar-refractivity contribution is 5.60. The van der Waals surface area contributed by atoms with E-state index in [0.717, 1.165) is 31.0 Å². The average Bonchev–Trinajstić information content (AvgIpc) is 3.01. The van der Waals surface area contributed by atoms with Crippen LogP contribution in [0.5, 0.6) is 0 Å². The van der Waals surface area contributed by atoms with E-state index in [9.17, 15) is 5.26 Å². The second-order valence-corrected chi connectivity index (χ2v) is 5.95. The molecule has 5 heteroatoms. The van der Waals surface area contributed by atoms with Crippen molar-refractivity contribution in [2.45, 2.75) is 12.5 Å². The van der Waals surface area contributed by atoms with Crippen LogP contribution in [0.4, 0.5) is 5.82 Å². The van der Waals surface area contributed by atoms with Gasteiger partial charge in [-0.05, 0) is 17.7 Å². The van der Waals surface area contributed by atoms with Gasteiger partial charge in [0.1, 0.15) is 11.7 Å². The van der Waals surface area contributed by atoms with Crippen LogP contribution < -0.4 is 4.90 Å². The van der Waals surface area contributed by atoms with Crippen LogP contribution in [0, 0.1) is 11.3 Å². The molecular formula is C19H18N4O. The average molecular weight is 318 g/mol. The zero-order chi connectivity index (χ0) is 16.4. The van der Waals surface area contributed by atoms with Gasteiger partial charge in [0.25, 0.3) is 0 Å². The predicted octanol–water partition coefficient (Wildman–Crippen LogP) is 2.65. The molecule has 4 rings (SSSR count). The molecule has 1 unspecified atom stereocenters. The first-order valence-electron chi connectivity index (χ1n) is 8.13. The number of anilines is 1. The number of nitriles is 1. The first kappa shape index (κ1) is 14.7. The molecule has 1 atom stereocenters. The highest BCUT2D eigenvalue weighted by Gasteiger charge is 2.25. The Balaban J connectivity index is 1.59. The van der Waals surface area contributed by atoms with Gasteiger partial charge in [0.05, 0.1) is 12.7 Å². The molecule has 0 spiro atoms. The summed E-state index contributed by atoms with van der Waals surface area (Å²) in [6.45, 7) is 2.15. The molecule has 0 N–H and O–H groups in total. The molecule has 1 saturated heterocycles. The van der Waals surface area contributed by atoms with Gasteiger partial charge in [-0.25, -0.2) is 4.98 Å². The maximum atomic E-state index is 9.57. The lowest BCUT2D eigenvalue weighted by atomic mass is 10.1. The number of hydrogen-bond acceptors (Lipinski definition) is 4. The molecule has 5 nitrogen and oxygen atoms in total. The summed E-state index contributed by atoms with van der Waals surface area (Å²) < 4.78 is 7.77. The fraction of sp³-hybridized carbons (Fsp3) is 0.263. The van der Waals surface area contributed by atoms with Crippen molar-refractivity contribution in [3.63, 3.8) is 0 Å². The van der Waals surface area contributed by atoms with Gasteiger partial charge < -0.3 is 9.64 Å². The van der Waals surface area contributed by atoms with E-state index >= 15 is 0 Å². The third kappa shape index (κ3) is 2.72. The quantitative estimate of drug-likeness (QED) is 0.745. The molecule has 1 aromatic carbocycles. The van der Waals surface area contributed by atoms with Crippen LogP contribution in [-0.4, -0.2) is 35.2 Å². The number of nitrogens with zero attached hydrogens (tertiary/aromatic N) is 4. The zero-order valence-electron chi connectivity index (χ0n) is 13.3. The van der Waals surface area contributed by atoms with Crippen molar-refractivity contribution < 1.29 is 4.74 Å². The molecule has 0 radical (unpaired) electrons. The maximum Gasteiger partial charge on any atom is 0.169 e. The van der Waals surface area contributed by atoms with Crippen molar-refractivity contribution in [2.75, 3.05) is 24.6 Å². The SMILES string of the molecule is N#Cc1c(N2CCOC(Cc3ccccc3)C2)nc2ccccn12. The molecule has 120 valence electrons. The Morgan fingerprint density at radius 3 is 2.83 bits per heavy atom. The number of hydrogen-bond donors (Lipinski definition) is 0. The molecule has 3 heterocycles. The highest BCUT2D eigenvalue weighted by Crippen LogP contribution is 2.24. The van der Waals surface area contributed by atoms with Gasteiger partial charge in [0, 0.05) is 25.7 Å². The van der Waals surface area contributed by atoms with E-state index in [2.05, 4.69) is 28.1 Å². The number of ether oxygens (including phenoxy) is 1. The number of benzene rings is 1. The Labute approximate surface area is 140 Å². The van der Waals surface area contributed by atoms with Gasteiger partial charge in [0.15, 0.2) is 11.5 Å². The minimum Gasteiger partial charge on any atom is -0.374 e. The maximum absolute atomic E-state index is 9.57. The Morgan fingerprint density at radius 2 is 2.00 bits per heavy atom. The normalized spacial score (nSPS) is 17.8. The van der Waals surface area contributed by atoms with Crippen molar-refractivity contribution in [1.29, 1.82) is 5.26 Å². The second kappa shape index (κ2) is 6.34. The van der Waals surface area contributed by atoms with Crippen LogP contribution in [0.1, 0.15) is 11.3 Å². The molecule has 1 aliphatic heterocycles. The topological polar surface area (TPSA) is 53.6 Å². The van der Waals surface area contributed by atoms with Crippen LogP contribution >= 0.6 is 0 Å². The zero-order valence-corrected chi connectivity index (χ0v) is 13.3. The Morgan fingerprint density at radius 1 is 1.17 bits per heavy atom. The van der Waals surface area contributed by atoms with Crippen molar-refractivity contribution in [2.24, 2.45) is 0 Å². The fourth-order valence-corrected chi connectivity index (χ4v) is 3.22. The fourth-order valence-electron chi connectivity index (χ4n) is 3.22. The van der Waals surface area contributed by atoms with Gasteiger partial charge in [-0.2, -0.15) is 5.26 Å². The van der Waals surface area contributed by atoms with E-state index in [0.29, 0.717) is 12.3 Å². The minimum atomic E-state index is 0.109. The van der Waals surface area contributed by atoms with E-state index in [1.807, 2.05) is 47.0 Å². The van der Waals surface area contributed by atoms with Gasteiger partial charge in [-0.3, -0.25) is 4.40 Å². The second-order valence-electron chi connectivity index (χ2n) is 5.95. The first-order valence-corrected chi connectivity index (χ1v) is 8.13. The number of rotatable bonds is 3. The summed E-state index contributed by atoms with van der Waals surface area (Å²) in [6, 6.07) is 18.4. The highest BCUT2D eigenvalue weighted by atomic mass is 16.5. The third-order valence-electron chi connectivity index (χ3n) is 4.36. The summed E-state index contributed by atoms with van der Waals surface area (Å²) in [5.74, 6) is 0.755. The summed E-state index contributed by atoms with van der Waals surface area (Å²) in [7, 11) is 0. The smallest absolute Gasteiger partial charge is 0.169 e. The number of morpholine rings is 1. The van der Waals surface area contributed by atoms with E-state index < -0.39 is 0 Å². The number of pyridine rings is 1. The molecule has 24 heavy (non-hydrogen) atoms. The van der Waals surface area contributed by atoms with Crippen LogP contribution in [0.2, 0.25) is 0 Å². The molecular weight excluding hydrogens is 300 g/mol. The van der Waals surface area contributed by atoms with Crippen LogP contribution in [0.25, 0.3) is 5.65 Å². The van der Waals surface area contributed by atoms with Crippen molar-refractivity contribution in [3.05, 3.63) is 66.0 Å². The first-order chi connectivity index (χ1) is 11.8. The van der Waals surface area contributed by atoms with E-state index in [1.165, 1.54) is 5.56 Å². The summed E-state index contributed by atoms with van der Waals surface area (Å²) in [5, 5.41) is 9.57. The lowest BCUT2D eigenvalue weighted by molar-refractivity contribution is 0.0408. The number of imidazole rings is 1. The molecule has 1 aliphatic rings. The molecule has 0 amide bonds. The van der Waals surface area contributed by atoms with Crippen molar-refractivity contribution in [3.8, 4) is 6.07 Å². The van der Waals surface area contributed by atoms with Crippen molar-refractivity contribution in [1.82, 2.24) is 9.38 Å². The molecule has 3 aromatic rings. The Hall–Kier alpha value is -2.84. The molecule has 1 fully saturated rings. The summed E-state index contributed by atoms with van der Waals surface area (Å²) in [6.07, 6.45) is 2.86. The van der Waals surface area contributed by atoms with E-state index in [4.69, 9.17) is 4.74 Å². The lowest BCUT2D eigenvalue weighted by Gasteiger charge is -2.33. The van der Waals surface area contributed by atoms with Crippen LogP contribution in [0.15, 0.2) is 54.7 Å². The van der Waals surface area contributed by atoms with Crippen molar-refractivity contribution >= 4 is 11.5 Å². The number of fused-ring (bicyclic) bond motifs is 1.